The topological polar surface area (TPSA) is 141 Å². The minimum atomic E-state index is -1.94. The molecule has 0 unspecified atom stereocenters. The third kappa shape index (κ3) is 9.28. The van der Waals surface area contributed by atoms with Gasteiger partial charge in [-0.2, -0.15) is 0 Å². The number of ketones is 2. The summed E-state index contributed by atoms with van der Waals surface area (Å²) in [7, 11) is 3.46. The number of cyclic esters (lactones) is 1. The molecular formula is C34H56INO10. The third-order valence-electron chi connectivity index (χ3n) is 10.0. The van der Waals surface area contributed by atoms with Crippen LogP contribution in [0.25, 0.3) is 0 Å². The average molecular weight is 766 g/mol. The Morgan fingerprint density at radius 1 is 1.11 bits per heavy atom. The molecule has 0 radical (unpaired) electrons. The van der Waals surface area contributed by atoms with Crippen molar-refractivity contribution < 1.29 is 48.3 Å². The third-order valence-corrected chi connectivity index (χ3v) is 10.4. The normalized spacial score (nSPS) is 41.9. The summed E-state index contributed by atoms with van der Waals surface area (Å²) in [6.45, 7) is 13.8. The lowest BCUT2D eigenvalue weighted by atomic mass is 9.74. The van der Waals surface area contributed by atoms with Crippen LogP contribution < -0.4 is 0 Å². The van der Waals surface area contributed by atoms with Crippen LogP contribution in [0.5, 0.6) is 0 Å². The highest BCUT2D eigenvalue weighted by Crippen LogP contribution is 2.38. The zero-order valence-corrected chi connectivity index (χ0v) is 31.3. The number of terminal acetylenes is 1. The first kappa shape index (κ1) is 41.0. The van der Waals surface area contributed by atoms with E-state index in [0.29, 0.717) is 24.0 Å². The van der Waals surface area contributed by atoms with Crippen LogP contribution in [-0.2, 0) is 38.1 Å². The van der Waals surface area contributed by atoms with Gasteiger partial charge in [-0.05, 0) is 54.0 Å². The number of alkyl halides is 1. The smallest absolute Gasteiger partial charge is 0.316 e. The Morgan fingerprint density at radius 2 is 1.74 bits per heavy atom. The van der Waals surface area contributed by atoms with Crippen molar-refractivity contribution in [3.8, 4) is 12.3 Å². The number of Topliss-reactive ketones (excluding diaryl/α,β-unsaturated/α-hetero) is 2. The number of halogens is 1. The van der Waals surface area contributed by atoms with Gasteiger partial charge in [-0.25, -0.2) is 0 Å². The molecule has 0 aromatic carbocycles. The lowest BCUT2D eigenvalue weighted by Gasteiger charge is -2.48. The molecule has 264 valence electrons. The van der Waals surface area contributed by atoms with E-state index in [4.69, 9.17) is 30.1 Å². The van der Waals surface area contributed by atoms with Gasteiger partial charge in [0.2, 0.25) is 0 Å². The van der Waals surface area contributed by atoms with Gasteiger partial charge in [-0.3, -0.25) is 19.3 Å². The average Bonchev–Trinajstić information content (AvgIpc) is 3.02. The number of rotatable bonds is 9. The maximum absolute atomic E-state index is 14.0. The van der Waals surface area contributed by atoms with E-state index in [1.807, 2.05) is 14.0 Å². The highest BCUT2D eigenvalue weighted by atomic mass is 127. The minimum Gasteiger partial charge on any atom is -0.459 e. The fourth-order valence-electron chi connectivity index (χ4n) is 7.01. The van der Waals surface area contributed by atoms with Crippen LogP contribution >= 0.6 is 22.6 Å². The Morgan fingerprint density at radius 3 is 2.28 bits per heavy atom. The second-order valence-electron chi connectivity index (χ2n) is 13.6. The molecule has 0 aromatic heterocycles. The number of ether oxygens (including phenoxy) is 5. The second-order valence-corrected chi connectivity index (χ2v) is 14.2. The first-order valence-corrected chi connectivity index (χ1v) is 17.8. The zero-order valence-electron chi connectivity index (χ0n) is 29.2. The number of nitrogens with zero attached hydrogens (tertiary/aromatic N) is 1. The van der Waals surface area contributed by atoms with E-state index in [1.165, 1.54) is 21.0 Å². The number of aliphatic hydroxyl groups excluding tert-OH is 1. The van der Waals surface area contributed by atoms with Crippen molar-refractivity contribution in [2.24, 2.45) is 23.7 Å². The number of likely N-dealkylation sites (N-methyl/N-ethyl adjacent to an activating group) is 1. The molecule has 0 bridgehead atoms. The predicted octanol–water partition coefficient (Wildman–Crippen LogP) is 3.53. The zero-order chi connectivity index (χ0) is 35.1. The van der Waals surface area contributed by atoms with Crippen LogP contribution in [0.1, 0.15) is 81.1 Å². The van der Waals surface area contributed by atoms with Gasteiger partial charge in [0.15, 0.2) is 12.1 Å². The summed E-state index contributed by atoms with van der Waals surface area (Å²) in [6.07, 6.45) is 1.67. The van der Waals surface area contributed by atoms with Crippen molar-refractivity contribution >= 4 is 40.1 Å². The van der Waals surface area contributed by atoms with Crippen molar-refractivity contribution in [1.29, 1.82) is 0 Å². The molecular weight excluding hydrogens is 709 g/mol. The fourth-order valence-corrected chi connectivity index (χ4v) is 7.42. The first-order chi connectivity index (χ1) is 21.4. The fraction of sp³-hybridized carbons (Fsp3) is 0.853. The number of carbonyl (C=O) groups is 3. The van der Waals surface area contributed by atoms with E-state index in [2.05, 4.69) is 33.4 Å². The van der Waals surface area contributed by atoms with Gasteiger partial charge in [0.25, 0.3) is 0 Å². The molecule has 2 heterocycles. The van der Waals surface area contributed by atoms with Crippen LogP contribution in [-0.4, -0.2) is 112 Å². The standard InChI is InChI=1S/C34H56INO10/c1-12-14-15-36(10)24-16-20(4)44-32(28(24)43-18-35)46-30-22(6)27(38)23(7)31(40)45-25(13-2)34(9,41)29(39)21(5)26(37)19(3)17-33(30,8)42-11/h1,19-25,28-30,32,39,41H,13-18H2,2-11H3/t19-,20-,21+,22+,23-,24+,25-,28-,29-,30-,32+,33-,34-/m1/s1. The van der Waals surface area contributed by atoms with E-state index >= 15 is 0 Å². The minimum absolute atomic E-state index is 0.106. The summed E-state index contributed by atoms with van der Waals surface area (Å²) in [5, 5.41) is 22.5. The Labute approximate surface area is 288 Å². The molecule has 2 fully saturated rings. The quantitative estimate of drug-likeness (QED) is 0.117. The van der Waals surface area contributed by atoms with Crippen LogP contribution in [0.4, 0.5) is 0 Å². The summed E-state index contributed by atoms with van der Waals surface area (Å²) in [4.78, 5) is 43.3. The van der Waals surface area contributed by atoms with E-state index in [1.54, 1.807) is 34.6 Å². The second kappa shape index (κ2) is 17.5. The van der Waals surface area contributed by atoms with E-state index < -0.39 is 77.3 Å². The number of aliphatic hydroxyl groups is 2. The van der Waals surface area contributed by atoms with Gasteiger partial charge < -0.3 is 33.9 Å². The summed E-state index contributed by atoms with van der Waals surface area (Å²) < 4.78 is 31.4. The van der Waals surface area contributed by atoms with E-state index in [-0.39, 0.29) is 30.8 Å². The lowest BCUT2D eigenvalue weighted by molar-refractivity contribution is -0.300. The van der Waals surface area contributed by atoms with Crippen LogP contribution in [0.3, 0.4) is 0 Å². The monoisotopic (exact) mass is 765 g/mol. The Hall–Kier alpha value is -1.18. The largest absolute Gasteiger partial charge is 0.459 e. The highest BCUT2D eigenvalue weighted by molar-refractivity contribution is 14.1. The van der Waals surface area contributed by atoms with Crippen LogP contribution in [0, 0.1) is 36.0 Å². The molecule has 11 nitrogen and oxygen atoms in total. The molecule has 0 spiro atoms. The summed E-state index contributed by atoms with van der Waals surface area (Å²) in [6, 6.07) is -0.106. The molecule has 0 aromatic rings. The Kier molecular flexibility index (Phi) is 15.6. The van der Waals surface area contributed by atoms with Crippen molar-refractivity contribution in [3.63, 3.8) is 0 Å². The van der Waals surface area contributed by atoms with Crippen molar-refractivity contribution in [1.82, 2.24) is 4.90 Å². The van der Waals surface area contributed by atoms with Gasteiger partial charge in [-0.15, -0.1) is 12.3 Å². The van der Waals surface area contributed by atoms with Gasteiger partial charge >= 0.3 is 5.97 Å². The van der Waals surface area contributed by atoms with E-state index in [0.717, 1.165) is 0 Å². The van der Waals surface area contributed by atoms with Gasteiger partial charge in [-0.1, -0.05) is 50.3 Å². The molecule has 13 atom stereocenters. The van der Waals surface area contributed by atoms with E-state index in [9.17, 15) is 24.6 Å². The van der Waals surface area contributed by atoms with Crippen molar-refractivity contribution in [2.45, 2.75) is 135 Å². The molecule has 2 rings (SSSR count). The molecule has 46 heavy (non-hydrogen) atoms. The molecule has 0 saturated carbocycles. The van der Waals surface area contributed by atoms with Crippen LogP contribution in [0.15, 0.2) is 0 Å². The number of hydrogen-bond acceptors (Lipinski definition) is 11. The number of carbonyl (C=O) groups excluding carboxylic acids is 3. The predicted molar refractivity (Wildman–Crippen MR) is 181 cm³/mol. The Balaban J connectivity index is 2.65. The van der Waals surface area contributed by atoms with Crippen molar-refractivity contribution in [3.05, 3.63) is 0 Å². The SMILES string of the molecule is C#CCCN(C)[C@H]1C[C@@H](C)O[C@@H](O[C@@H]2[C@@H](C)C(=O)[C@@H](C)C(=O)O[C@H](CC)[C@@](C)(O)[C@H](O)[C@@H](C)C(=O)[C@H](C)C[C@@]2(C)OC)[C@@H]1OCI. The molecule has 2 saturated heterocycles. The molecule has 2 aliphatic rings. The first-order valence-electron chi connectivity index (χ1n) is 16.3. The number of esters is 1. The molecule has 0 aliphatic carbocycles. The lowest BCUT2D eigenvalue weighted by Crippen LogP contribution is -2.60. The number of methoxy groups -OCH3 is 1. The van der Waals surface area contributed by atoms with Gasteiger partial charge in [0.05, 0.1) is 28.5 Å². The maximum Gasteiger partial charge on any atom is 0.316 e. The molecule has 2 N–H and O–H groups in total. The molecule has 2 aliphatic heterocycles. The van der Waals surface area contributed by atoms with Gasteiger partial charge in [0.1, 0.15) is 29.5 Å². The number of hydrogen-bond donors (Lipinski definition) is 2. The van der Waals surface area contributed by atoms with Crippen LogP contribution in [0.2, 0.25) is 0 Å². The highest BCUT2D eigenvalue weighted by Gasteiger charge is 2.52. The Bertz CT molecular complexity index is 1080. The maximum atomic E-state index is 14.0. The van der Waals surface area contributed by atoms with Gasteiger partial charge in [0, 0.05) is 43.9 Å². The summed E-state index contributed by atoms with van der Waals surface area (Å²) >= 11 is 2.13. The molecule has 0 amide bonds. The summed E-state index contributed by atoms with van der Waals surface area (Å²) in [5.74, 6) is -2.75. The van der Waals surface area contributed by atoms with Crippen molar-refractivity contribution in [2.75, 3.05) is 25.3 Å². The molecule has 12 heteroatoms. The summed E-state index contributed by atoms with van der Waals surface area (Å²) in [5.41, 5.74) is -3.18.